The molecule has 0 saturated heterocycles. The SMILES string of the molecule is Cc1ccccc1.[W]. The number of rotatable bonds is 0. The topological polar surface area (TPSA) is 0 Å². The van der Waals surface area contributed by atoms with E-state index in [1.54, 1.807) is 0 Å². The van der Waals surface area contributed by atoms with Crippen molar-refractivity contribution in [3.63, 3.8) is 0 Å². The molecule has 0 unspecified atom stereocenters. The van der Waals surface area contributed by atoms with Gasteiger partial charge in [-0.25, -0.2) is 0 Å². The Hall–Kier alpha value is -0.0917. The molecular weight excluding hydrogens is 268 g/mol. The van der Waals surface area contributed by atoms with Gasteiger partial charge in [0.25, 0.3) is 0 Å². The zero-order valence-electron chi connectivity index (χ0n) is 4.79. The fraction of sp³-hybridized carbons (Fsp3) is 0.143. The van der Waals surface area contributed by atoms with E-state index in [2.05, 4.69) is 19.1 Å². The molecule has 1 aromatic carbocycles. The van der Waals surface area contributed by atoms with Crippen LogP contribution in [0.4, 0.5) is 0 Å². The predicted octanol–water partition coefficient (Wildman–Crippen LogP) is 1.99. The summed E-state index contributed by atoms with van der Waals surface area (Å²) in [7, 11) is 0. The maximum absolute atomic E-state index is 2.08. The summed E-state index contributed by atoms with van der Waals surface area (Å²) in [4.78, 5) is 0. The minimum atomic E-state index is 0. The van der Waals surface area contributed by atoms with Gasteiger partial charge in [0, 0.05) is 21.1 Å². The Balaban J connectivity index is 0.000000490. The molecule has 1 aromatic rings. The minimum absolute atomic E-state index is 0. The molecule has 0 aromatic heterocycles. The largest absolute Gasteiger partial charge is 0.0622 e. The van der Waals surface area contributed by atoms with Gasteiger partial charge in [0.05, 0.1) is 0 Å². The molecule has 0 aliphatic carbocycles. The molecule has 0 fully saturated rings. The molecule has 0 N–H and O–H groups in total. The number of hydrogen-bond donors (Lipinski definition) is 0. The average molecular weight is 276 g/mol. The van der Waals surface area contributed by atoms with E-state index in [1.807, 2.05) is 18.2 Å². The molecule has 0 saturated carbocycles. The van der Waals surface area contributed by atoms with Crippen LogP contribution in [0.15, 0.2) is 30.3 Å². The van der Waals surface area contributed by atoms with E-state index in [9.17, 15) is 0 Å². The van der Waals surface area contributed by atoms with Crippen LogP contribution in [0.25, 0.3) is 0 Å². The molecule has 0 spiro atoms. The van der Waals surface area contributed by atoms with E-state index in [-0.39, 0.29) is 21.1 Å². The number of benzene rings is 1. The van der Waals surface area contributed by atoms with Crippen LogP contribution in [0.2, 0.25) is 0 Å². The van der Waals surface area contributed by atoms with Crippen molar-refractivity contribution < 1.29 is 21.1 Å². The minimum Gasteiger partial charge on any atom is -0.0622 e. The molecule has 0 heterocycles. The molecule has 0 amide bonds. The van der Waals surface area contributed by atoms with Crippen LogP contribution < -0.4 is 0 Å². The van der Waals surface area contributed by atoms with Crippen LogP contribution in [0, 0.1) is 6.92 Å². The molecular formula is C7H8W. The van der Waals surface area contributed by atoms with Crippen molar-refractivity contribution >= 4 is 0 Å². The Bertz CT molecular complexity index is 134. The summed E-state index contributed by atoms with van der Waals surface area (Å²) in [6, 6.07) is 10.3. The van der Waals surface area contributed by atoms with Crippen LogP contribution in [0.5, 0.6) is 0 Å². The van der Waals surface area contributed by atoms with Gasteiger partial charge in [-0.1, -0.05) is 35.9 Å². The summed E-state index contributed by atoms with van der Waals surface area (Å²) < 4.78 is 0. The van der Waals surface area contributed by atoms with Crippen molar-refractivity contribution in [2.24, 2.45) is 0 Å². The maximum Gasteiger partial charge on any atom is 0 e. The second kappa shape index (κ2) is 3.86. The second-order valence-electron chi connectivity index (χ2n) is 1.65. The quantitative estimate of drug-likeness (QED) is 0.679. The normalized spacial score (nSPS) is 7.62. The Morgan fingerprint density at radius 2 is 1.50 bits per heavy atom. The van der Waals surface area contributed by atoms with Gasteiger partial charge in [-0.05, 0) is 6.92 Å². The first-order valence-electron chi connectivity index (χ1n) is 2.41. The molecule has 1 heteroatoms. The van der Waals surface area contributed by atoms with Crippen molar-refractivity contribution in [1.29, 1.82) is 0 Å². The first-order valence-corrected chi connectivity index (χ1v) is 2.41. The molecule has 42 valence electrons. The van der Waals surface area contributed by atoms with Gasteiger partial charge in [0.2, 0.25) is 0 Å². The smallest absolute Gasteiger partial charge is 0 e. The molecule has 0 atom stereocenters. The van der Waals surface area contributed by atoms with E-state index in [1.165, 1.54) is 5.56 Å². The second-order valence-corrected chi connectivity index (χ2v) is 1.65. The molecule has 0 nitrogen and oxygen atoms in total. The summed E-state index contributed by atoms with van der Waals surface area (Å²) in [5.74, 6) is 0. The van der Waals surface area contributed by atoms with Gasteiger partial charge in [0.15, 0.2) is 0 Å². The monoisotopic (exact) mass is 276 g/mol. The number of hydrogen-bond acceptors (Lipinski definition) is 0. The summed E-state index contributed by atoms with van der Waals surface area (Å²) in [6.07, 6.45) is 0. The van der Waals surface area contributed by atoms with E-state index < -0.39 is 0 Å². The Kier molecular flexibility index (Phi) is 3.81. The van der Waals surface area contributed by atoms with Crippen LogP contribution in [0.3, 0.4) is 0 Å². The van der Waals surface area contributed by atoms with Crippen molar-refractivity contribution in [2.75, 3.05) is 0 Å². The first-order chi connectivity index (χ1) is 3.39. The van der Waals surface area contributed by atoms with Crippen molar-refractivity contribution in [1.82, 2.24) is 0 Å². The number of aryl methyl sites for hydroxylation is 1. The van der Waals surface area contributed by atoms with Gasteiger partial charge < -0.3 is 0 Å². The summed E-state index contributed by atoms with van der Waals surface area (Å²) in [5, 5.41) is 0. The average Bonchev–Trinajstić information content (AvgIpc) is 1.69. The molecule has 0 aliphatic heterocycles. The zero-order valence-corrected chi connectivity index (χ0v) is 7.73. The van der Waals surface area contributed by atoms with Gasteiger partial charge in [-0.15, -0.1) is 0 Å². The van der Waals surface area contributed by atoms with Gasteiger partial charge >= 0.3 is 0 Å². The van der Waals surface area contributed by atoms with Crippen LogP contribution in [-0.4, -0.2) is 0 Å². The van der Waals surface area contributed by atoms with Gasteiger partial charge in [0.1, 0.15) is 0 Å². The van der Waals surface area contributed by atoms with Crippen molar-refractivity contribution in [3.8, 4) is 0 Å². The Morgan fingerprint density at radius 3 is 1.75 bits per heavy atom. The van der Waals surface area contributed by atoms with Crippen molar-refractivity contribution in [2.45, 2.75) is 6.92 Å². The van der Waals surface area contributed by atoms with Crippen LogP contribution in [0.1, 0.15) is 5.56 Å². The fourth-order valence-corrected chi connectivity index (χ4v) is 0.534. The summed E-state index contributed by atoms with van der Waals surface area (Å²) in [5.41, 5.74) is 1.32. The Morgan fingerprint density at radius 1 is 1.00 bits per heavy atom. The first kappa shape index (κ1) is 7.91. The van der Waals surface area contributed by atoms with E-state index >= 15 is 0 Å². The van der Waals surface area contributed by atoms with Gasteiger partial charge in [-0.2, -0.15) is 0 Å². The van der Waals surface area contributed by atoms with E-state index in [0.29, 0.717) is 0 Å². The third-order valence-corrected chi connectivity index (χ3v) is 0.940. The summed E-state index contributed by atoms with van der Waals surface area (Å²) >= 11 is 0. The van der Waals surface area contributed by atoms with E-state index in [0.717, 1.165) is 0 Å². The van der Waals surface area contributed by atoms with Crippen LogP contribution >= 0.6 is 0 Å². The molecule has 0 bridgehead atoms. The van der Waals surface area contributed by atoms with E-state index in [4.69, 9.17) is 0 Å². The maximum atomic E-state index is 2.08. The molecule has 8 heavy (non-hydrogen) atoms. The molecule has 0 radical (unpaired) electrons. The van der Waals surface area contributed by atoms with Crippen LogP contribution in [-0.2, 0) is 21.1 Å². The molecule has 0 aliphatic rings. The third kappa shape index (κ3) is 2.28. The predicted molar refractivity (Wildman–Crippen MR) is 31.2 cm³/mol. The van der Waals surface area contributed by atoms with Crippen molar-refractivity contribution in [3.05, 3.63) is 35.9 Å². The Labute approximate surface area is 64.2 Å². The van der Waals surface area contributed by atoms with Gasteiger partial charge in [-0.3, -0.25) is 0 Å². The fourth-order valence-electron chi connectivity index (χ4n) is 0.534. The third-order valence-electron chi connectivity index (χ3n) is 0.940. The summed E-state index contributed by atoms with van der Waals surface area (Å²) in [6.45, 7) is 2.08. The standard InChI is InChI=1S/C7H8.W/c1-7-5-3-2-4-6-7;/h2-6H,1H3;. The molecule has 1 rings (SSSR count). The zero-order chi connectivity index (χ0) is 5.11.